The molecule has 0 aromatic heterocycles. The molecular weight excluding hydrogens is 505 g/mol. The number of anilines is 1. The van der Waals surface area contributed by atoms with Gasteiger partial charge in [0.1, 0.15) is 0 Å². The highest BCUT2D eigenvalue weighted by atomic mass is 32.2. The Morgan fingerprint density at radius 3 is 2.11 bits per heavy atom. The number of hydrogen-bond donors (Lipinski definition) is 1. The maximum atomic E-state index is 13.8. The molecule has 0 saturated heterocycles. The van der Waals surface area contributed by atoms with E-state index in [1.54, 1.807) is 30.9 Å². The standard InChI is InChI=1S/C27H25F3N2O4S/c1-32-24(15-5-11-18(37-4)12-6-15)23(19-13-21(35-2)22(36-3)14-20(19)26(32)34)25(33)31-17-9-7-16(8-10-17)27(28,29)30/h5-14,23-24H,1-4H3,(H,31,33)/t23-,24-/m0/s1. The van der Waals surface area contributed by atoms with E-state index in [4.69, 9.17) is 9.47 Å². The predicted octanol–water partition coefficient (Wildman–Crippen LogP) is 5.99. The minimum absolute atomic E-state index is 0.205. The van der Waals surface area contributed by atoms with Crippen molar-refractivity contribution in [2.75, 3.05) is 32.8 Å². The summed E-state index contributed by atoms with van der Waals surface area (Å²) in [7, 11) is 4.52. The van der Waals surface area contributed by atoms with Crippen molar-refractivity contribution in [2.45, 2.75) is 23.0 Å². The first-order valence-electron chi connectivity index (χ1n) is 11.2. The lowest BCUT2D eigenvalue weighted by Gasteiger charge is -2.40. The maximum absolute atomic E-state index is 13.8. The van der Waals surface area contributed by atoms with Crippen LogP contribution in [0.25, 0.3) is 0 Å². The van der Waals surface area contributed by atoms with E-state index in [9.17, 15) is 22.8 Å². The summed E-state index contributed by atoms with van der Waals surface area (Å²) >= 11 is 1.56. The molecule has 37 heavy (non-hydrogen) atoms. The molecule has 3 aromatic carbocycles. The molecule has 1 N–H and O–H groups in total. The van der Waals surface area contributed by atoms with E-state index >= 15 is 0 Å². The van der Waals surface area contributed by atoms with Crippen molar-refractivity contribution >= 4 is 29.3 Å². The van der Waals surface area contributed by atoms with Crippen molar-refractivity contribution in [3.8, 4) is 11.5 Å². The molecule has 0 radical (unpaired) electrons. The highest BCUT2D eigenvalue weighted by molar-refractivity contribution is 7.98. The zero-order chi connectivity index (χ0) is 26.9. The molecule has 1 aliphatic rings. The third-order valence-corrected chi connectivity index (χ3v) is 7.14. The topological polar surface area (TPSA) is 67.9 Å². The normalized spacial score (nSPS) is 17.3. The first-order chi connectivity index (χ1) is 17.6. The van der Waals surface area contributed by atoms with Gasteiger partial charge in [-0.05, 0) is 65.9 Å². The summed E-state index contributed by atoms with van der Waals surface area (Å²) in [5.74, 6) is -0.977. The SMILES string of the molecule is COc1cc2c(cc1OC)[C@H](C(=O)Nc1ccc(C(F)(F)F)cc1)[C@H](c1ccc(SC)cc1)N(C)C2=O. The summed E-state index contributed by atoms with van der Waals surface area (Å²) in [5, 5.41) is 2.73. The van der Waals surface area contributed by atoms with Gasteiger partial charge in [-0.25, -0.2) is 0 Å². The summed E-state index contributed by atoms with van der Waals surface area (Å²) in [4.78, 5) is 29.7. The number of fused-ring (bicyclic) bond motifs is 1. The molecule has 4 rings (SSSR count). The Labute approximate surface area is 216 Å². The van der Waals surface area contributed by atoms with Gasteiger partial charge in [-0.3, -0.25) is 9.59 Å². The lowest BCUT2D eigenvalue weighted by Crippen LogP contribution is -2.44. The number of amides is 2. The Morgan fingerprint density at radius 2 is 1.57 bits per heavy atom. The largest absolute Gasteiger partial charge is 0.493 e. The molecule has 2 amide bonds. The van der Waals surface area contributed by atoms with Crippen LogP contribution in [-0.4, -0.2) is 44.2 Å². The van der Waals surface area contributed by atoms with Gasteiger partial charge in [-0.1, -0.05) is 12.1 Å². The zero-order valence-electron chi connectivity index (χ0n) is 20.6. The molecule has 0 aliphatic carbocycles. The summed E-state index contributed by atoms with van der Waals surface area (Å²) in [6.45, 7) is 0. The minimum Gasteiger partial charge on any atom is -0.493 e. The molecular formula is C27H25F3N2O4S. The lowest BCUT2D eigenvalue weighted by atomic mass is 9.79. The number of nitrogens with one attached hydrogen (secondary N) is 1. The molecule has 0 fully saturated rings. The van der Waals surface area contributed by atoms with Crippen molar-refractivity contribution in [3.63, 3.8) is 0 Å². The van der Waals surface area contributed by atoms with E-state index in [0.717, 1.165) is 22.6 Å². The van der Waals surface area contributed by atoms with Crippen molar-refractivity contribution in [3.05, 3.63) is 82.9 Å². The van der Waals surface area contributed by atoms with Gasteiger partial charge in [-0.2, -0.15) is 13.2 Å². The second kappa shape index (κ2) is 10.4. The van der Waals surface area contributed by atoms with E-state index in [2.05, 4.69) is 5.32 Å². The van der Waals surface area contributed by atoms with Gasteiger partial charge in [0.05, 0.1) is 31.7 Å². The smallest absolute Gasteiger partial charge is 0.416 e. The molecule has 2 atom stereocenters. The van der Waals surface area contributed by atoms with Crippen LogP contribution in [0, 0.1) is 0 Å². The number of nitrogens with zero attached hydrogens (tertiary/aromatic N) is 1. The van der Waals surface area contributed by atoms with Gasteiger partial charge >= 0.3 is 6.18 Å². The van der Waals surface area contributed by atoms with Crippen LogP contribution in [0.15, 0.2) is 65.6 Å². The number of hydrogen-bond acceptors (Lipinski definition) is 5. The molecule has 194 valence electrons. The number of carbonyl (C=O) groups is 2. The molecule has 0 saturated carbocycles. The minimum atomic E-state index is -4.49. The van der Waals surface area contributed by atoms with Crippen molar-refractivity contribution in [2.24, 2.45) is 0 Å². The van der Waals surface area contributed by atoms with E-state index in [0.29, 0.717) is 17.1 Å². The first-order valence-corrected chi connectivity index (χ1v) is 12.5. The van der Waals surface area contributed by atoms with Crippen LogP contribution in [-0.2, 0) is 11.0 Å². The van der Waals surface area contributed by atoms with Crippen LogP contribution in [0.1, 0.15) is 39.0 Å². The van der Waals surface area contributed by atoms with Crippen LogP contribution in [0.2, 0.25) is 0 Å². The summed E-state index contributed by atoms with van der Waals surface area (Å²) < 4.78 is 49.8. The fourth-order valence-electron chi connectivity index (χ4n) is 4.51. The molecule has 0 spiro atoms. The summed E-state index contributed by atoms with van der Waals surface area (Å²) in [6.07, 6.45) is -2.54. The molecule has 0 unspecified atom stereocenters. The lowest BCUT2D eigenvalue weighted by molar-refractivity contribution is -0.137. The molecule has 6 nitrogen and oxygen atoms in total. The highest BCUT2D eigenvalue weighted by Gasteiger charge is 2.43. The average Bonchev–Trinajstić information content (AvgIpc) is 2.89. The number of methoxy groups -OCH3 is 2. The summed E-state index contributed by atoms with van der Waals surface area (Å²) in [5.41, 5.74) is 0.842. The van der Waals surface area contributed by atoms with Crippen LogP contribution in [0.4, 0.5) is 18.9 Å². The number of rotatable bonds is 6. The second-order valence-corrected chi connectivity index (χ2v) is 9.35. The fourth-order valence-corrected chi connectivity index (χ4v) is 4.92. The van der Waals surface area contributed by atoms with E-state index in [1.807, 2.05) is 30.5 Å². The van der Waals surface area contributed by atoms with Crippen LogP contribution < -0.4 is 14.8 Å². The first kappa shape index (κ1) is 26.4. The number of alkyl halides is 3. The number of halogens is 3. The van der Waals surface area contributed by atoms with E-state index in [-0.39, 0.29) is 17.2 Å². The van der Waals surface area contributed by atoms with Crippen molar-refractivity contribution in [1.29, 1.82) is 0 Å². The second-order valence-electron chi connectivity index (χ2n) is 8.47. The van der Waals surface area contributed by atoms with Gasteiger partial charge in [0.2, 0.25) is 5.91 Å². The van der Waals surface area contributed by atoms with Crippen molar-refractivity contribution < 1.29 is 32.2 Å². The Morgan fingerprint density at radius 1 is 0.973 bits per heavy atom. The monoisotopic (exact) mass is 530 g/mol. The Balaban J connectivity index is 1.82. The van der Waals surface area contributed by atoms with Crippen molar-refractivity contribution in [1.82, 2.24) is 4.90 Å². The van der Waals surface area contributed by atoms with Gasteiger partial charge < -0.3 is 19.7 Å². The van der Waals surface area contributed by atoms with Crippen LogP contribution in [0.3, 0.4) is 0 Å². The number of thioether (sulfide) groups is 1. The average molecular weight is 531 g/mol. The van der Waals surface area contributed by atoms with Crippen LogP contribution >= 0.6 is 11.8 Å². The Kier molecular flexibility index (Phi) is 7.40. The molecule has 3 aromatic rings. The highest BCUT2D eigenvalue weighted by Crippen LogP contribution is 2.46. The predicted molar refractivity (Wildman–Crippen MR) is 135 cm³/mol. The Bertz CT molecular complexity index is 1310. The molecule has 10 heteroatoms. The van der Waals surface area contributed by atoms with Gasteiger partial charge in [0.25, 0.3) is 5.91 Å². The maximum Gasteiger partial charge on any atom is 0.416 e. The number of benzene rings is 3. The van der Waals surface area contributed by atoms with E-state index in [1.165, 1.54) is 31.3 Å². The zero-order valence-corrected chi connectivity index (χ0v) is 21.4. The number of carbonyl (C=O) groups excluding carboxylic acids is 2. The summed E-state index contributed by atoms with van der Waals surface area (Å²) in [6, 6.07) is 14.3. The molecule has 1 aliphatic heterocycles. The van der Waals surface area contributed by atoms with Gasteiger partial charge in [0.15, 0.2) is 11.5 Å². The van der Waals surface area contributed by atoms with Gasteiger partial charge in [0, 0.05) is 23.2 Å². The third-order valence-electron chi connectivity index (χ3n) is 6.39. The fraction of sp³-hybridized carbons (Fsp3) is 0.259. The quantitative estimate of drug-likeness (QED) is 0.397. The molecule has 1 heterocycles. The number of likely N-dealkylation sites (N-methyl/N-ethyl adjacent to an activating group) is 1. The molecule has 0 bridgehead atoms. The third kappa shape index (κ3) is 5.11. The van der Waals surface area contributed by atoms with E-state index < -0.39 is 29.6 Å². The van der Waals surface area contributed by atoms with Gasteiger partial charge in [-0.15, -0.1) is 11.8 Å². The van der Waals surface area contributed by atoms with Crippen LogP contribution in [0.5, 0.6) is 11.5 Å². The number of ether oxygens (including phenoxy) is 2. The Hall–Kier alpha value is -3.66.